The Morgan fingerprint density at radius 2 is 0.444 bits per heavy atom. The van der Waals surface area contributed by atoms with Crippen LogP contribution in [0.2, 0.25) is 0 Å². The maximum absolute atomic E-state index is 5.01. The summed E-state index contributed by atoms with van der Waals surface area (Å²) in [6.45, 7) is 0. The van der Waals surface area contributed by atoms with Gasteiger partial charge in [0, 0.05) is 128 Å². The first kappa shape index (κ1) is 73.2. The molecule has 0 aliphatic rings. The zero-order valence-corrected chi connectivity index (χ0v) is 70.7. The highest BCUT2D eigenvalue weighted by molar-refractivity contribution is 7.34. The largest absolute Gasteiger partial charge is 0.309 e. The molecule has 0 N–H and O–H groups in total. The third-order valence-electron chi connectivity index (χ3n) is 24.5. The molecule has 0 fully saturated rings. The standard InChI is InChI=1S/2C57H34N4S2/c1-3-14-35(15-4-1)55-58-56(36-16-5-2-6-17-36)60-57(59-55)40-20-11-18-37(32-40)38-19-12-21-41(33-38)61-49-26-9-7-22-43(49)48-34-39(28-31-50(48)61)42-24-13-25-45-47-30-29-46-44-23-8-10-27-51(44)62-53(46)54(47)63-52(42)45;1-3-12-37(13-4-1)55-58-56(38-14-5-2-6-15-38)60-57(59-55)39-24-22-35(23-25-39)36-26-29-41(30-27-36)61-49-20-9-7-16-43(49)48-34-40(28-33-50(48)61)42-18-11-19-45-47-32-31-46-44-17-8-10-21-51(44)62-53(46)54(47)63-52(42)45/h2*1-34H. The molecule has 0 aliphatic heterocycles. The summed E-state index contributed by atoms with van der Waals surface area (Å²) in [7, 11) is 0. The molecule has 126 heavy (non-hydrogen) atoms. The van der Waals surface area contributed by atoms with E-state index in [1.54, 1.807) is 0 Å². The molecule has 26 rings (SSSR count). The van der Waals surface area contributed by atoms with Crippen LogP contribution in [0.1, 0.15) is 0 Å². The van der Waals surface area contributed by atoms with E-state index in [1.165, 1.54) is 147 Å². The quantitative estimate of drug-likeness (QED) is 0.121. The Morgan fingerprint density at radius 3 is 0.897 bits per heavy atom. The Labute approximate surface area is 739 Å². The summed E-state index contributed by atoms with van der Waals surface area (Å²) >= 11 is 7.69. The van der Waals surface area contributed by atoms with E-state index in [0.29, 0.717) is 34.9 Å². The summed E-state index contributed by atoms with van der Waals surface area (Å²) in [4.78, 5) is 29.6. The number of para-hydroxylation sites is 2. The minimum absolute atomic E-state index is 0.638. The molecule has 0 atom stereocenters. The van der Waals surface area contributed by atoms with Crippen molar-refractivity contribution in [1.82, 2.24) is 39.0 Å². The molecule has 26 aromatic rings. The Hall–Kier alpha value is -15.5. The average Bonchev–Trinajstić information content (AvgIpc) is 1.58. The first-order chi connectivity index (χ1) is 62.4. The molecule has 0 aliphatic carbocycles. The monoisotopic (exact) mass is 1680 g/mol. The fourth-order valence-electron chi connectivity index (χ4n) is 18.5. The lowest BCUT2D eigenvalue weighted by atomic mass is 10.0. The molecular weight excluding hydrogens is 1610 g/mol. The number of hydrogen-bond acceptors (Lipinski definition) is 10. The molecule has 588 valence electrons. The summed E-state index contributed by atoms with van der Waals surface area (Å²) in [6, 6.07) is 147. The van der Waals surface area contributed by atoms with Gasteiger partial charge in [-0.15, -0.1) is 45.3 Å². The van der Waals surface area contributed by atoms with E-state index in [4.69, 9.17) is 29.9 Å². The zero-order valence-electron chi connectivity index (χ0n) is 67.5. The fraction of sp³-hybridized carbons (Fsp3) is 0. The van der Waals surface area contributed by atoms with Crippen LogP contribution >= 0.6 is 45.3 Å². The van der Waals surface area contributed by atoms with Gasteiger partial charge in [-0.1, -0.05) is 334 Å². The average molecular weight is 1680 g/mol. The minimum Gasteiger partial charge on any atom is -0.309 e. The highest BCUT2D eigenvalue weighted by Gasteiger charge is 2.24. The summed E-state index contributed by atoms with van der Waals surface area (Å²) < 4.78 is 15.7. The molecule has 8 nitrogen and oxygen atoms in total. The van der Waals surface area contributed by atoms with Crippen molar-refractivity contribution < 1.29 is 0 Å². The lowest BCUT2D eigenvalue weighted by Gasteiger charge is -2.12. The van der Waals surface area contributed by atoms with Crippen molar-refractivity contribution >= 4 is 170 Å². The van der Waals surface area contributed by atoms with Gasteiger partial charge in [0.1, 0.15) is 0 Å². The predicted octanol–water partition coefficient (Wildman–Crippen LogP) is 32.1. The molecular formula is C114H68N8S4. The lowest BCUT2D eigenvalue weighted by Crippen LogP contribution is -2.00. The van der Waals surface area contributed by atoms with Gasteiger partial charge in [0.15, 0.2) is 34.9 Å². The summed E-state index contributed by atoms with van der Waals surface area (Å²) in [6.07, 6.45) is 0. The van der Waals surface area contributed by atoms with E-state index in [0.717, 1.165) is 67.0 Å². The van der Waals surface area contributed by atoms with E-state index in [2.05, 4.69) is 300 Å². The Morgan fingerprint density at radius 1 is 0.151 bits per heavy atom. The molecule has 0 bridgehead atoms. The smallest absolute Gasteiger partial charge is 0.164 e. The van der Waals surface area contributed by atoms with Crippen LogP contribution < -0.4 is 0 Å². The predicted molar refractivity (Wildman–Crippen MR) is 534 cm³/mol. The number of benzene rings is 18. The van der Waals surface area contributed by atoms with Crippen molar-refractivity contribution in [3.05, 3.63) is 413 Å². The first-order valence-electron chi connectivity index (χ1n) is 42.2. The van der Waals surface area contributed by atoms with Crippen LogP contribution in [-0.4, -0.2) is 39.0 Å². The van der Waals surface area contributed by atoms with Crippen molar-refractivity contribution in [3.63, 3.8) is 0 Å². The lowest BCUT2D eigenvalue weighted by molar-refractivity contribution is 1.07. The van der Waals surface area contributed by atoms with E-state index in [1.807, 2.05) is 167 Å². The van der Waals surface area contributed by atoms with Crippen molar-refractivity contribution in [2.45, 2.75) is 0 Å². The molecule has 0 saturated heterocycles. The maximum atomic E-state index is 5.01. The molecule has 8 heterocycles. The van der Waals surface area contributed by atoms with Crippen molar-refractivity contribution in [2.75, 3.05) is 0 Å². The van der Waals surface area contributed by atoms with E-state index in [-0.39, 0.29) is 0 Å². The number of hydrogen-bond donors (Lipinski definition) is 0. The van der Waals surface area contributed by atoms with Gasteiger partial charge in [-0.2, -0.15) is 0 Å². The third-order valence-corrected chi connectivity index (χ3v) is 29.8. The molecule has 0 saturated carbocycles. The van der Waals surface area contributed by atoms with Gasteiger partial charge in [0.25, 0.3) is 0 Å². The number of aromatic nitrogens is 8. The summed E-state index contributed by atoms with van der Waals surface area (Å²) in [5, 5.41) is 15.7. The highest BCUT2D eigenvalue weighted by atomic mass is 32.1. The zero-order chi connectivity index (χ0) is 82.9. The van der Waals surface area contributed by atoms with Gasteiger partial charge < -0.3 is 9.13 Å². The molecule has 0 amide bonds. The van der Waals surface area contributed by atoms with Crippen LogP contribution in [0.25, 0.3) is 249 Å². The Kier molecular flexibility index (Phi) is 17.6. The molecule has 0 radical (unpaired) electrons. The van der Waals surface area contributed by atoms with Crippen LogP contribution in [0.3, 0.4) is 0 Å². The van der Waals surface area contributed by atoms with Crippen LogP contribution in [-0.2, 0) is 0 Å². The number of nitrogens with zero attached hydrogens (tertiary/aromatic N) is 8. The second kappa shape index (κ2) is 30.2. The van der Waals surface area contributed by atoms with E-state index < -0.39 is 0 Å². The summed E-state index contributed by atoms with van der Waals surface area (Å²) in [5.41, 5.74) is 22.1. The molecule has 0 spiro atoms. The third kappa shape index (κ3) is 12.5. The first-order valence-corrected chi connectivity index (χ1v) is 45.4. The highest BCUT2D eigenvalue weighted by Crippen LogP contribution is 2.51. The van der Waals surface area contributed by atoms with Gasteiger partial charge >= 0.3 is 0 Å². The topological polar surface area (TPSA) is 87.2 Å². The van der Waals surface area contributed by atoms with Crippen LogP contribution in [0.15, 0.2) is 413 Å². The second-order valence-corrected chi connectivity index (χ2v) is 36.0. The van der Waals surface area contributed by atoms with Crippen LogP contribution in [0.4, 0.5) is 0 Å². The molecule has 8 aromatic heterocycles. The SMILES string of the molecule is c1ccc(-c2nc(-c3ccccc3)nc(-c3ccc(-c4ccc(-n5c6ccccc6c6cc(-c7cccc8c7sc7c8ccc8c9ccccc9sc87)ccc65)cc4)cc3)n2)cc1.c1ccc(-c2nc(-c3ccccc3)nc(-c3cccc(-c4cccc(-n5c6ccccc6c6cc(-c7cccc8c7sc7c8ccc8c9ccccc9sc87)ccc65)c4)c3)n2)cc1. The second-order valence-electron chi connectivity index (χ2n) is 31.9. The van der Waals surface area contributed by atoms with Gasteiger partial charge in [0.2, 0.25) is 0 Å². The van der Waals surface area contributed by atoms with Crippen molar-refractivity contribution in [2.24, 2.45) is 0 Å². The van der Waals surface area contributed by atoms with Crippen LogP contribution in [0.5, 0.6) is 0 Å². The number of fused-ring (bicyclic) bond motifs is 20. The van der Waals surface area contributed by atoms with Crippen LogP contribution in [0, 0.1) is 0 Å². The number of rotatable bonds is 12. The van der Waals surface area contributed by atoms with E-state index >= 15 is 0 Å². The normalized spacial score (nSPS) is 11.8. The van der Waals surface area contributed by atoms with Gasteiger partial charge in [-0.25, -0.2) is 29.9 Å². The van der Waals surface area contributed by atoms with Gasteiger partial charge in [-0.05, 0) is 123 Å². The molecule has 18 aromatic carbocycles. The Balaban J connectivity index is 0.000000137. The molecule has 0 unspecified atom stereocenters. The maximum Gasteiger partial charge on any atom is 0.164 e. The van der Waals surface area contributed by atoms with E-state index in [9.17, 15) is 0 Å². The van der Waals surface area contributed by atoms with Crippen molar-refractivity contribution in [1.29, 1.82) is 0 Å². The molecule has 12 heteroatoms. The van der Waals surface area contributed by atoms with Crippen molar-refractivity contribution in [3.8, 4) is 124 Å². The van der Waals surface area contributed by atoms with Gasteiger partial charge in [-0.3, -0.25) is 0 Å². The Bertz CT molecular complexity index is 8720. The number of thiophene rings is 4. The summed E-state index contributed by atoms with van der Waals surface area (Å²) in [5.74, 6) is 3.89. The minimum atomic E-state index is 0.638. The fourth-order valence-corrected chi connectivity index (χ4v) is 23.9. The van der Waals surface area contributed by atoms with Gasteiger partial charge in [0.05, 0.1) is 40.9 Å².